The third kappa shape index (κ3) is 3.00. The highest BCUT2D eigenvalue weighted by atomic mass is 35.5. The highest BCUT2D eigenvalue weighted by Gasteiger charge is 2.23. The summed E-state index contributed by atoms with van der Waals surface area (Å²) < 4.78 is 4.74. The van der Waals surface area contributed by atoms with E-state index >= 15 is 0 Å². The first-order valence-corrected chi connectivity index (χ1v) is 8.09. The van der Waals surface area contributed by atoms with Crippen LogP contribution >= 0.6 is 22.9 Å². The van der Waals surface area contributed by atoms with Crippen LogP contribution < -0.4 is 0 Å². The molecule has 23 heavy (non-hydrogen) atoms. The minimum atomic E-state index is -0.421. The molecule has 1 aromatic carbocycles. The van der Waals surface area contributed by atoms with Gasteiger partial charge >= 0.3 is 5.97 Å². The number of carbonyl (C=O) groups excluding carboxylic acids is 2. The fourth-order valence-electron chi connectivity index (χ4n) is 2.38. The molecule has 5 nitrogen and oxygen atoms in total. The van der Waals surface area contributed by atoms with E-state index in [0.29, 0.717) is 21.3 Å². The van der Waals surface area contributed by atoms with Crippen LogP contribution in [0.15, 0.2) is 23.6 Å². The second-order valence-corrected chi connectivity index (χ2v) is 6.34. The number of esters is 1. The zero-order valence-electron chi connectivity index (χ0n) is 12.5. The summed E-state index contributed by atoms with van der Waals surface area (Å²) in [6.45, 7) is 1.83. The van der Waals surface area contributed by atoms with Gasteiger partial charge in [0.15, 0.2) is 5.01 Å². The first kappa shape index (κ1) is 15.7. The second kappa shape index (κ2) is 6.14. The molecule has 0 radical (unpaired) electrons. The average molecular weight is 349 g/mol. The fraction of sp³-hybridized carbons (Fsp3) is 0.188. The molecule has 1 N–H and O–H groups in total. The van der Waals surface area contributed by atoms with Gasteiger partial charge in [-0.3, -0.25) is 9.59 Å². The van der Waals surface area contributed by atoms with Crippen molar-refractivity contribution in [3.05, 3.63) is 50.6 Å². The number of aryl methyl sites for hydroxylation is 1. The average Bonchev–Trinajstić information content (AvgIpc) is 3.11. The van der Waals surface area contributed by atoms with Crippen molar-refractivity contribution in [2.75, 3.05) is 7.11 Å². The summed E-state index contributed by atoms with van der Waals surface area (Å²) in [6, 6.07) is 5.24. The van der Waals surface area contributed by atoms with E-state index in [0.717, 1.165) is 16.6 Å². The third-order valence-corrected chi connectivity index (χ3v) is 4.65. The molecule has 0 saturated carbocycles. The monoisotopic (exact) mass is 348 g/mol. The number of aromatic amines is 1. The quantitative estimate of drug-likeness (QED) is 0.578. The van der Waals surface area contributed by atoms with E-state index in [-0.39, 0.29) is 12.2 Å². The van der Waals surface area contributed by atoms with Crippen molar-refractivity contribution >= 4 is 45.6 Å². The molecule has 2 aromatic heterocycles. The predicted molar refractivity (Wildman–Crippen MR) is 89.3 cm³/mol. The van der Waals surface area contributed by atoms with E-state index < -0.39 is 5.97 Å². The van der Waals surface area contributed by atoms with E-state index in [1.165, 1.54) is 18.4 Å². The van der Waals surface area contributed by atoms with Crippen LogP contribution in [0, 0.1) is 6.92 Å². The summed E-state index contributed by atoms with van der Waals surface area (Å²) in [5, 5.41) is 3.46. The molecule has 3 aromatic rings. The van der Waals surface area contributed by atoms with Crippen LogP contribution in [0.5, 0.6) is 0 Å². The van der Waals surface area contributed by atoms with Crippen molar-refractivity contribution in [2.45, 2.75) is 13.3 Å². The van der Waals surface area contributed by atoms with Gasteiger partial charge in [-0.05, 0) is 25.1 Å². The number of carbonyl (C=O) groups is 2. The molecule has 2 heterocycles. The van der Waals surface area contributed by atoms with Gasteiger partial charge in [-0.15, -0.1) is 11.3 Å². The summed E-state index contributed by atoms with van der Waals surface area (Å²) in [4.78, 5) is 31.8. The number of nitrogens with one attached hydrogen (secondary N) is 1. The summed E-state index contributed by atoms with van der Waals surface area (Å²) in [5.74, 6) is -0.662. The van der Waals surface area contributed by atoms with Gasteiger partial charge in [0.05, 0.1) is 19.2 Å². The number of aromatic nitrogens is 2. The zero-order chi connectivity index (χ0) is 16.6. The van der Waals surface area contributed by atoms with E-state index in [2.05, 4.69) is 9.97 Å². The number of H-pyrrole nitrogens is 1. The Morgan fingerprint density at radius 1 is 1.39 bits per heavy atom. The summed E-state index contributed by atoms with van der Waals surface area (Å²) >= 11 is 7.32. The largest absolute Gasteiger partial charge is 0.469 e. The minimum absolute atomic E-state index is 0.0116. The number of thiazole rings is 1. The van der Waals surface area contributed by atoms with Crippen molar-refractivity contribution in [1.29, 1.82) is 0 Å². The van der Waals surface area contributed by atoms with Crippen LogP contribution in [0.25, 0.3) is 10.9 Å². The number of fused-ring (bicyclic) bond motifs is 1. The SMILES string of the molecule is COC(=O)Cc1c(C(=O)c2nc(C)cs2)[nH]c2ccc(Cl)cc12. The maximum absolute atomic E-state index is 12.7. The smallest absolute Gasteiger partial charge is 0.310 e. The first-order valence-electron chi connectivity index (χ1n) is 6.83. The Morgan fingerprint density at radius 3 is 2.83 bits per heavy atom. The Labute approximate surface area is 141 Å². The second-order valence-electron chi connectivity index (χ2n) is 5.04. The van der Waals surface area contributed by atoms with Gasteiger partial charge in [0.2, 0.25) is 5.78 Å². The number of halogens is 1. The van der Waals surface area contributed by atoms with Crippen LogP contribution in [0.1, 0.15) is 26.8 Å². The lowest BCUT2D eigenvalue weighted by Gasteiger charge is -2.02. The molecule has 3 rings (SSSR count). The van der Waals surface area contributed by atoms with Gasteiger partial charge in [0.25, 0.3) is 0 Å². The lowest BCUT2D eigenvalue weighted by molar-refractivity contribution is -0.139. The van der Waals surface area contributed by atoms with Crippen molar-refractivity contribution in [3.8, 4) is 0 Å². The van der Waals surface area contributed by atoms with Crippen LogP contribution in [0.2, 0.25) is 5.02 Å². The van der Waals surface area contributed by atoms with Crippen LogP contribution in [-0.2, 0) is 16.0 Å². The van der Waals surface area contributed by atoms with Crippen molar-refractivity contribution < 1.29 is 14.3 Å². The molecule has 0 spiro atoms. The molecular weight excluding hydrogens is 336 g/mol. The van der Waals surface area contributed by atoms with Gasteiger partial charge in [0.1, 0.15) is 0 Å². The van der Waals surface area contributed by atoms with Crippen LogP contribution in [0.4, 0.5) is 0 Å². The zero-order valence-corrected chi connectivity index (χ0v) is 14.0. The maximum Gasteiger partial charge on any atom is 0.310 e. The van der Waals surface area contributed by atoms with Gasteiger partial charge in [-0.1, -0.05) is 11.6 Å². The van der Waals surface area contributed by atoms with Crippen LogP contribution in [-0.4, -0.2) is 28.8 Å². The molecule has 0 fully saturated rings. The van der Waals surface area contributed by atoms with Crippen molar-refractivity contribution in [1.82, 2.24) is 9.97 Å². The molecule has 0 aliphatic carbocycles. The molecule has 7 heteroatoms. The topological polar surface area (TPSA) is 72.1 Å². The molecule has 0 amide bonds. The highest BCUT2D eigenvalue weighted by Crippen LogP contribution is 2.28. The Balaban J connectivity index is 2.16. The first-order chi connectivity index (χ1) is 11.0. The lowest BCUT2D eigenvalue weighted by atomic mass is 10.1. The molecule has 0 saturated heterocycles. The lowest BCUT2D eigenvalue weighted by Crippen LogP contribution is -2.10. The number of benzene rings is 1. The van der Waals surface area contributed by atoms with Gasteiger partial charge in [0, 0.05) is 32.6 Å². The number of rotatable bonds is 4. The van der Waals surface area contributed by atoms with Gasteiger partial charge < -0.3 is 9.72 Å². The number of methoxy groups -OCH3 is 1. The number of hydrogen-bond acceptors (Lipinski definition) is 5. The normalized spacial score (nSPS) is 10.9. The Bertz CT molecular complexity index is 913. The van der Waals surface area contributed by atoms with E-state index in [4.69, 9.17) is 16.3 Å². The summed E-state index contributed by atoms with van der Waals surface area (Å²) in [7, 11) is 1.32. The van der Waals surface area contributed by atoms with E-state index in [9.17, 15) is 9.59 Å². The highest BCUT2D eigenvalue weighted by molar-refractivity contribution is 7.12. The molecule has 0 unspecified atom stereocenters. The number of ether oxygens (including phenoxy) is 1. The third-order valence-electron chi connectivity index (χ3n) is 3.46. The number of hydrogen-bond donors (Lipinski definition) is 1. The summed E-state index contributed by atoms with van der Waals surface area (Å²) in [6.07, 6.45) is -0.0116. The van der Waals surface area contributed by atoms with Gasteiger partial charge in [-0.2, -0.15) is 0 Å². The van der Waals surface area contributed by atoms with Crippen molar-refractivity contribution in [2.24, 2.45) is 0 Å². The Kier molecular flexibility index (Phi) is 4.19. The number of nitrogens with zero attached hydrogens (tertiary/aromatic N) is 1. The Morgan fingerprint density at radius 2 is 2.17 bits per heavy atom. The molecule has 118 valence electrons. The van der Waals surface area contributed by atoms with E-state index in [1.54, 1.807) is 18.2 Å². The minimum Gasteiger partial charge on any atom is -0.469 e. The van der Waals surface area contributed by atoms with Gasteiger partial charge in [-0.25, -0.2) is 4.98 Å². The number of ketones is 1. The van der Waals surface area contributed by atoms with E-state index in [1.807, 2.05) is 12.3 Å². The van der Waals surface area contributed by atoms with Crippen molar-refractivity contribution in [3.63, 3.8) is 0 Å². The molecule has 0 aliphatic rings. The van der Waals surface area contributed by atoms with Crippen LogP contribution in [0.3, 0.4) is 0 Å². The maximum atomic E-state index is 12.7. The predicted octanol–water partition coefficient (Wildman–Crippen LogP) is 3.53. The standard InChI is InChI=1S/C16H13ClN2O3S/c1-8-7-23-16(18-8)15(21)14-11(6-13(20)22-2)10-5-9(17)3-4-12(10)19-14/h3-5,7,19H,6H2,1-2H3. The summed E-state index contributed by atoms with van der Waals surface area (Å²) in [5.41, 5.74) is 2.45. The molecular formula is C16H13ClN2O3S. The fourth-order valence-corrected chi connectivity index (χ4v) is 3.29. The Hall–Kier alpha value is -2.18. The molecule has 0 atom stereocenters. The molecule has 0 aliphatic heterocycles. The molecule has 0 bridgehead atoms.